The van der Waals surface area contributed by atoms with E-state index in [4.69, 9.17) is 0 Å². The minimum Gasteiger partial charge on any atom is -0.297 e. The van der Waals surface area contributed by atoms with Crippen molar-refractivity contribution in [1.82, 2.24) is 4.98 Å². The van der Waals surface area contributed by atoms with Crippen molar-refractivity contribution in [1.29, 1.82) is 0 Å². The first kappa shape index (κ1) is 8.93. The van der Waals surface area contributed by atoms with Crippen LogP contribution in [0.2, 0.25) is 0 Å². The lowest BCUT2D eigenvalue weighted by Gasteiger charge is -2.13. The summed E-state index contributed by atoms with van der Waals surface area (Å²) < 4.78 is 1.09. The molecule has 0 spiro atoms. The maximum absolute atomic E-state index is 11.3. The average molecular weight is 288 g/mol. The summed E-state index contributed by atoms with van der Waals surface area (Å²) in [6.45, 7) is 0.812. The molecule has 0 saturated carbocycles. The molecule has 0 radical (unpaired) electrons. The molecule has 2 heterocycles. The van der Waals surface area contributed by atoms with Crippen molar-refractivity contribution in [2.75, 3.05) is 11.4 Å². The fourth-order valence-electron chi connectivity index (χ4n) is 1.42. The molecule has 1 amide bonds. The summed E-state index contributed by atoms with van der Waals surface area (Å²) in [5.74, 6) is 0.969. The van der Waals surface area contributed by atoms with Gasteiger partial charge in [-0.05, 0) is 41.1 Å². The number of hydrogen-bond acceptors (Lipinski definition) is 2. The third kappa shape index (κ3) is 1.82. The number of halogens is 1. The number of nitrogens with zero attached hydrogens (tertiary/aromatic N) is 2. The summed E-state index contributed by atoms with van der Waals surface area (Å²) in [4.78, 5) is 17.3. The molecule has 1 aromatic heterocycles. The maximum Gasteiger partial charge on any atom is 0.228 e. The number of anilines is 1. The van der Waals surface area contributed by atoms with Crippen molar-refractivity contribution >= 4 is 34.3 Å². The van der Waals surface area contributed by atoms with E-state index in [9.17, 15) is 4.79 Å². The van der Waals surface area contributed by atoms with Gasteiger partial charge in [0.25, 0.3) is 0 Å². The second-order valence-electron chi connectivity index (χ2n) is 2.98. The monoisotopic (exact) mass is 288 g/mol. The quantitative estimate of drug-likeness (QED) is 0.738. The fourth-order valence-corrected chi connectivity index (χ4v) is 1.74. The van der Waals surface area contributed by atoms with Crippen LogP contribution in [0.4, 0.5) is 5.82 Å². The number of aromatic nitrogens is 1. The molecular weight excluding hydrogens is 279 g/mol. The lowest BCUT2D eigenvalue weighted by Crippen LogP contribution is -2.24. The summed E-state index contributed by atoms with van der Waals surface area (Å²) in [5.41, 5.74) is 0. The average Bonchev–Trinajstić information content (AvgIpc) is 2.53. The van der Waals surface area contributed by atoms with Crippen LogP contribution in [0.3, 0.4) is 0 Å². The van der Waals surface area contributed by atoms with Crippen molar-refractivity contribution in [2.24, 2.45) is 0 Å². The van der Waals surface area contributed by atoms with Gasteiger partial charge in [-0.1, -0.05) is 0 Å². The Kier molecular flexibility index (Phi) is 2.48. The van der Waals surface area contributed by atoms with E-state index >= 15 is 0 Å². The Morgan fingerprint density at radius 1 is 1.46 bits per heavy atom. The molecule has 1 fully saturated rings. The van der Waals surface area contributed by atoms with Gasteiger partial charge in [0.2, 0.25) is 5.91 Å². The van der Waals surface area contributed by atoms with E-state index in [1.807, 2.05) is 12.1 Å². The minimum atomic E-state index is 0.189. The Hall–Kier alpha value is -0.650. The number of pyridine rings is 1. The Balaban J connectivity index is 2.25. The highest BCUT2D eigenvalue weighted by Gasteiger charge is 2.22. The van der Waals surface area contributed by atoms with E-state index in [0.29, 0.717) is 6.42 Å². The molecule has 1 saturated heterocycles. The van der Waals surface area contributed by atoms with Crippen molar-refractivity contribution in [3.8, 4) is 0 Å². The molecule has 1 aromatic rings. The van der Waals surface area contributed by atoms with Crippen LogP contribution in [-0.2, 0) is 4.79 Å². The fraction of sp³-hybridized carbons (Fsp3) is 0.333. The Morgan fingerprint density at radius 2 is 2.31 bits per heavy atom. The summed E-state index contributed by atoms with van der Waals surface area (Å²) in [5, 5.41) is 0. The predicted molar refractivity (Wildman–Crippen MR) is 58.5 cm³/mol. The molecule has 0 bridgehead atoms. The second-order valence-corrected chi connectivity index (χ2v) is 4.23. The smallest absolute Gasteiger partial charge is 0.228 e. The standard InChI is InChI=1S/C9H9IN2O/c10-7-3-4-8(11-6-7)12-5-1-2-9(12)13/h3-4,6H,1-2,5H2. The van der Waals surface area contributed by atoms with Crippen LogP contribution < -0.4 is 4.90 Å². The largest absolute Gasteiger partial charge is 0.297 e. The number of carbonyl (C=O) groups excluding carboxylic acids is 1. The first-order valence-electron chi connectivity index (χ1n) is 4.19. The third-order valence-electron chi connectivity index (χ3n) is 2.06. The first-order chi connectivity index (χ1) is 6.27. The molecule has 2 rings (SSSR count). The van der Waals surface area contributed by atoms with E-state index in [1.165, 1.54) is 0 Å². The van der Waals surface area contributed by atoms with Crippen LogP contribution in [0, 0.1) is 3.57 Å². The van der Waals surface area contributed by atoms with Gasteiger partial charge in [-0.25, -0.2) is 4.98 Å². The zero-order chi connectivity index (χ0) is 9.26. The molecule has 0 atom stereocenters. The Labute approximate surface area is 90.3 Å². The van der Waals surface area contributed by atoms with E-state index in [-0.39, 0.29) is 5.91 Å². The second kappa shape index (κ2) is 3.61. The maximum atomic E-state index is 11.3. The van der Waals surface area contributed by atoms with Gasteiger partial charge in [-0.3, -0.25) is 9.69 Å². The summed E-state index contributed by atoms with van der Waals surface area (Å²) in [6, 6.07) is 3.86. The van der Waals surface area contributed by atoms with Crippen LogP contribution in [-0.4, -0.2) is 17.4 Å². The van der Waals surface area contributed by atoms with Gasteiger partial charge in [0, 0.05) is 22.7 Å². The Bertz CT molecular complexity index is 323. The lowest BCUT2D eigenvalue weighted by atomic mass is 10.4. The van der Waals surface area contributed by atoms with E-state index < -0.39 is 0 Å². The molecule has 68 valence electrons. The van der Waals surface area contributed by atoms with Crippen molar-refractivity contribution < 1.29 is 4.79 Å². The van der Waals surface area contributed by atoms with Crippen LogP contribution in [0.25, 0.3) is 0 Å². The van der Waals surface area contributed by atoms with Crippen LogP contribution in [0.1, 0.15) is 12.8 Å². The van der Waals surface area contributed by atoms with Gasteiger partial charge < -0.3 is 0 Å². The molecule has 1 aliphatic rings. The van der Waals surface area contributed by atoms with Gasteiger partial charge >= 0.3 is 0 Å². The van der Waals surface area contributed by atoms with E-state index in [0.717, 1.165) is 22.4 Å². The number of rotatable bonds is 1. The molecule has 0 aliphatic carbocycles. The van der Waals surface area contributed by atoms with Crippen LogP contribution in [0.5, 0.6) is 0 Å². The number of carbonyl (C=O) groups is 1. The van der Waals surface area contributed by atoms with E-state index in [1.54, 1.807) is 11.1 Å². The van der Waals surface area contributed by atoms with Crippen molar-refractivity contribution in [3.05, 3.63) is 21.9 Å². The molecule has 0 aromatic carbocycles. The van der Waals surface area contributed by atoms with Gasteiger partial charge in [0.15, 0.2) is 0 Å². The zero-order valence-corrected chi connectivity index (χ0v) is 9.19. The first-order valence-corrected chi connectivity index (χ1v) is 5.27. The zero-order valence-electron chi connectivity index (χ0n) is 7.03. The summed E-state index contributed by atoms with van der Waals surface area (Å²) >= 11 is 2.20. The van der Waals surface area contributed by atoms with Gasteiger partial charge in [0.1, 0.15) is 5.82 Å². The summed E-state index contributed by atoms with van der Waals surface area (Å²) in [7, 11) is 0. The number of amides is 1. The highest BCUT2D eigenvalue weighted by Crippen LogP contribution is 2.19. The van der Waals surface area contributed by atoms with E-state index in [2.05, 4.69) is 27.6 Å². The predicted octanol–water partition coefficient (Wildman–Crippen LogP) is 1.81. The molecule has 13 heavy (non-hydrogen) atoms. The van der Waals surface area contributed by atoms with Crippen molar-refractivity contribution in [2.45, 2.75) is 12.8 Å². The molecule has 3 nitrogen and oxygen atoms in total. The highest BCUT2D eigenvalue weighted by molar-refractivity contribution is 14.1. The molecule has 1 aliphatic heterocycles. The molecule has 4 heteroatoms. The molecule has 0 N–H and O–H groups in total. The van der Waals surface area contributed by atoms with Crippen LogP contribution >= 0.6 is 22.6 Å². The van der Waals surface area contributed by atoms with Gasteiger partial charge in [0.05, 0.1) is 0 Å². The summed E-state index contributed by atoms with van der Waals surface area (Å²) in [6.07, 6.45) is 3.39. The Morgan fingerprint density at radius 3 is 2.85 bits per heavy atom. The molecular formula is C9H9IN2O. The van der Waals surface area contributed by atoms with Crippen LogP contribution in [0.15, 0.2) is 18.3 Å². The van der Waals surface area contributed by atoms with Crippen molar-refractivity contribution in [3.63, 3.8) is 0 Å². The molecule has 0 unspecified atom stereocenters. The normalized spacial score (nSPS) is 16.7. The van der Waals surface area contributed by atoms with Gasteiger partial charge in [-0.15, -0.1) is 0 Å². The minimum absolute atomic E-state index is 0.189. The topological polar surface area (TPSA) is 33.2 Å². The number of hydrogen-bond donors (Lipinski definition) is 0. The lowest BCUT2D eigenvalue weighted by molar-refractivity contribution is -0.117. The third-order valence-corrected chi connectivity index (χ3v) is 2.70. The highest BCUT2D eigenvalue weighted by atomic mass is 127. The van der Waals surface area contributed by atoms with Gasteiger partial charge in [-0.2, -0.15) is 0 Å². The SMILES string of the molecule is O=C1CCCN1c1ccc(I)cn1.